The lowest BCUT2D eigenvalue weighted by atomic mass is 10.1. The number of hydrogen-bond acceptors (Lipinski definition) is 9. The van der Waals surface area contributed by atoms with Crippen LogP contribution in [0.15, 0.2) is 5.16 Å². The minimum Gasteiger partial charge on any atom is -0.462 e. The fourth-order valence-corrected chi connectivity index (χ4v) is 3.20. The van der Waals surface area contributed by atoms with Crippen molar-refractivity contribution in [3.05, 3.63) is 22.5 Å². The molecule has 0 bridgehead atoms. The molecule has 10 heteroatoms. The predicted molar refractivity (Wildman–Crippen MR) is 94.5 cm³/mol. The molecule has 0 aliphatic rings. The maximum atomic E-state index is 12.7. The predicted octanol–water partition coefficient (Wildman–Crippen LogP) is 1.52. The maximum Gasteiger partial charge on any atom is 0.340 e. The van der Waals surface area contributed by atoms with Crippen LogP contribution in [-0.4, -0.2) is 43.5 Å². The van der Waals surface area contributed by atoms with Crippen LogP contribution in [0.2, 0.25) is 0 Å². The van der Waals surface area contributed by atoms with Crippen LogP contribution in [0.5, 0.6) is 0 Å². The van der Waals surface area contributed by atoms with E-state index in [9.17, 15) is 9.59 Å². The third-order valence-corrected chi connectivity index (χ3v) is 4.43. The summed E-state index contributed by atoms with van der Waals surface area (Å²) in [7, 11) is 0. The number of nitrogens with zero attached hydrogens (tertiary/aromatic N) is 3. The summed E-state index contributed by atoms with van der Waals surface area (Å²) in [6.07, 6.45) is 0. The number of nitrogens with two attached hydrogens (primary N) is 2. The third-order valence-electron chi connectivity index (χ3n) is 3.46. The van der Waals surface area contributed by atoms with Crippen molar-refractivity contribution in [2.45, 2.75) is 38.1 Å². The highest BCUT2D eigenvalue weighted by Crippen LogP contribution is 2.26. The number of ketones is 1. The lowest BCUT2D eigenvalue weighted by Gasteiger charge is -2.09. The smallest absolute Gasteiger partial charge is 0.340 e. The molecule has 0 aliphatic heterocycles. The summed E-state index contributed by atoms with van der Waals surface area (Å²) in [5, 5.41) is -0.259. The van der Waals surface area contributed by atoms with Gasteiger partial charge in [-0.15, -0.1) is 0 Å². The molecule has 0 aliphatic carbocycles. The quantitative estimate of drug-likeness (QED) is 0.394. The molecule has 2 rings (SSSR count). The molecule has 0 fully saturated rings. The number of carbonyl (C=O) groups excluding carboxylic acids is 2. The molecule has 0 unspecified atom stereocenters. The van der Waals surface area contributed by atoms with Gasteiger partial charge in [-0.25, -0.2) is 4.79 Å². The molecule has 0 spiro atoms. The normalized spacial score (nSPS) is 12.0. The number of rotatable bonds is 6. The Morgan fingerprint density at radius 2 is 1.80 bits per heavy atom. The second-order valence-corrected chi connectivity index (χ2v) is 6.61. The van der Waals surface area contributed by atoms with E-state index < -0.39 is 11.2 Å². The molecule has 0 aromatic carbocycles. The number of nitrogen functional groups attached to an aromatic ring is 2. The van der Waals surface area contributed by atoms with Crippen LogP contribution >= 0.6 is 11.8 Å². The van der Waals surface area contributed by atoms with Crippen molar-refractivity contribution in [3.63, 3.8) is 0 Å². The van der Waals surface area contributed by atoms with Crippen LogP contribution in [0.3, 0.4) is 0 Å². The Bertz CT molecular complexity index is 800. The van der Waals surface area contributed by atoms with Crippen molar-refractivity contribution >= 4 is 35.4 Å². The number of thioether (sulfide) groups is 1. The van der Waals surface area contributed by atoms with Crippen LogP contribution < -0.4 is 11.5 Å². The van der Waals surface area contributed by atoms with E-state index in [-0.39, 0.29) is 29.4 Å². The molecule has 134 valence electrons. The van der Waals surface area contributed by atoms with Crippen LogP contribution in [0.25, 0.3) is 0 Å². The molecular weight excluding hydrogens is 344 g/mol. The van der Waals surface area contributed by atoms with E-state index in [0.717, 1.165) is 11.8 Å². The second-order valence-electron chi connectivity index (χ2n) is 5.30. The van der Waals surface area contributed by atoms with Crippen molar-refractivity contribution in [2.24, 2.45) is 0 Å². The molecule has 2 aromatic rings. The average molecular weight is 364 g/mol. The van der Waals surface area contributed by atoms with E-state index >= 15 is 0 Å². The fourth-order valence-electron chi connectivity index (χ4n) is 2.36. The number of aromatic nitrogens is 4. The van der Waals surface area contributed by atoms with Gasteiger partial charge in [0, 0.05) is 5.69 Å². The molecule has 0 saturated carbocycles. The van der Waals surface area contributed by atoms with Crippen molar-refractivity contribution < 1.29 is 14.3 Å². The second kappa shape index (κ2) is 7.51. The lowest BCUT2D eigenvalue weighted by Crippen LogP contribution is -2.16. The lowest BCUT2D eigenvalue weighted by molar-refractivity contribution is 0.0525. The Morgan fingerprint density at radius 3 is 2.36 bits per heavy atom. The summed E-state index contributed by atoms with van der Waals surface area (Å²) in [5.41, 5.74) is 13.0. The number of aromatic amines is 1. The van der Waals surface area contributed by atoms with Crippen LogP contribution in [0, 0.1) is 13.8 Å². The van der Waals surface area contributed by atoms with Crippen molar-refractivity contribution in [1.82, 2.24) is 19.9 Å². The number of carbonyl (C=O) groups is 2. The summed E-state index contributed by atoms with van der Waals surface area (Å²) in [6, 6.07) is 0. The van der Waals surface area contributed by atoms with Gasteiger partial charge in [0.15, 0.2) is 10.9 Å². The monoisotopic (exact) mass is 364 g/mol. The molecule has 5 N–H and O–H groups in total. The Labute approximate surface area is 149 Å². The van der Waals surface area contributed by atoms with Gasteiger partial charge in [-0.2, -0.15) is 15.0 Å². The van der Waals surface area contributed by atoms with E-state index in [4.69, 9.17) is 16.2 Å². The van der Waals surface area contributed by atoms with Crippen molar-refractivity contribution in [1.29, 1.82) is 0 Å². The molecule has 0 saturated heterocycles. The number of esters is 1. The highest BCUT2D eigenvalue weighted by molar-refractivity contribution is 8.00. The first-order chi connectivity index (χ1) is 11.7. The molecule has 2 heterocycles. The number of ether oxygens (including phenoxy) is 1. The number of aryl methyl sites for hydroxylation is 1. The first-order valence-electron chi connectivity index (χ1n) is 7.58. The Morgan fingerprint density at radius 1 is 1.20 bits per heavy atom. The molecule has 0 radical (unpaired) electrons. The molecule has 25 heavy (non-hydrogen) atoms. The van der Waals surface area contributed by atoms with Crippen molar-refractivity contribution in [3.8, 4) is 0 Å². The summed E-state index contributed by atoms with van der Waals surface area (Å²) < 4.78 is 5.03. The van der Waals surface area contributed by atoms with Crippen molar-refractivity contribution in [2.75, 3.05) is 18.1 Å². The van der Waals surface area contributed by atoms with Gasteiger partial charge in [0.25, 0.3) is 0 Å². The Kier molecular flexibility index (Phi) is 5.62. The third kappa shape index (κ3) is 4.08. The van der Waals surface area contributed by atoms with E-state index in [1.54, 1.807) is 27.7 Å². The molecule has 2 aromatic heterocycles. The zero-order valence-corrected chi connectivity index (χ0v) is 15.2. The fraction of sp³-hybridized carbons (Fsp3) is 0.400. The Hall–Kier alpha value is -2.62. The van der Waals surface area contributed by atoms with Gasteiger partial charge in [0.05, 0.1) is 23.1 Å². The number of Topliss-reactive ketones (excluding diaryl/α,β-unsaturated/α-hetero) is 1. The SMILES string of the molecule is CCOC(=O)c1c(C)[nH]c(C(=O)[C@H](C)Sc2nc(N)nc(N)n2)c1C. The van der Waals surface area contributed by atoms with E-state index in [1.165, 1.54) is 0 Å². The zero-order chi connectivity index (χ0) is 18.7. The van der Waals surface area contributed by atoms with E-state index in [2.05, 4.69) is 19.9 Å². The minimum atomic E-state index is -0.520. The molecule has 1 atom stereocenters. The van der Waals surface area contributed by atoms with Gasteiger partial charge < -0.3 is 21.2 Å². The Balaban J connectivity index is 2.25. The highest BCUT2D eigenvalue weighted by Gasteiger charge is 2.26. The number of H-pyrrole nitrogens is 1. The molecule has 0 amide bonds. The van der Waals surface area contributed by atoms with E-state index in [1.807, 2.05) is 0 Å². The highest BCUT2D eigenvalue weighted by atomic mass is 32.2. The van der Waals surface area contributed by atoms with E-state index in [0.29, 0.717) is 22.5 Å². The van der Waals surface area contributed by atoms with Crippen LogP contribution in [-0.2, 0) is 4.74 Å². The van der Waals surface area contributed by atoms with Crippen LogP contribution in [0.4, 0.5) is 11.9 Å². The molecular formula is C15H20N6O3S. The topological polar surface area (TPSA) is 150 Å². The zero-order valence-electron chi connectivity index (χ0n) is 14.4. The summed E-state index contributed by atoms with van der Waals surface area (Å²) >= 11 is 1.11. The maximum absolute atomic E-state index is 12.7. The summed E-state index contributed by atoms with van der Waals surface area (Å²) in [4.78, 5) is 39.4. The average Bonchev–Trinajstić information content (AvgIpc) is 2.80. The van der Waals surface area contributed by atoms with Gasteiger partial charge >= 0.3 is 5.97 Å². The number of nitrogens with one attached hydrogen (secondary N) is 1. The van der Waals surface area contributed by atoms with Gasteiger partial charge in [-0.3, -0.25) is 4.79 Å². The summed E-state index contributed by atoms with van der Waals surface area (Å²) in [6.45, 7) is 7.14. The summed E-state index contributed by atoms with van der Waals surface area (Å²) in [5.74, 6) is -0.665. The molecule has 9 nitrogen and oxygen atoms in total. The van der Waals surface area contributed by atoms with Crippen LogP contribution in [0.1, 0.15) is 46.0 Å². The van der Waals surface area contributed by atoms with Gasteiger partial charge in [-0.05, 0) is 33.3 Å². The van der Waals surface area contributed by atoms with Gasteiger partial charge in [0.2, 0.25) is 11.9 Å². The van der Waals surface area contributed by atoms with Gasteiger partial charge in [-0.1, -0.05) is 11.8 Å². The standard InChI is InChI=1S/C15H20N6O3S/c1-5-24-12(23)9-6(2)10(18-7(9)3)11(22)8(4)25-15-20-13(16)19-14(17)21-15/h8,18H,5H2,1-4H3,(H4,16,17,19,20,21)/t8-/m0/s1. The number of hydrogen-bond donors (Lipinski definition) is 3. The first-order valence-corrected chi connectivity index (χ1v) is 8.46. The number of anilines is 2. The first kappa shape index (κ1) is 18.7. The largest absolute Gasteiger partial charge is 0.462 e. The van der Waals surface area contributed by atoms with Gasteiger partial charge in [0.1, 0.15) is 0 Å². The minimum absolute atomic E-state index is 0.00820.